The molecule has 0 aliphatic heterocycles. The van der Waals surface area contributed by atoms with E-state index < -0.39 is 6.10 Å². The highest BCUT2D eigenvalue weighted by molar-refractivity contribution is 9.10. The Balaban J connectivity index is 2.20. The van der Waals surface area contributed by atoms with E-state index in [1.54, 1.807) is 19.6 Å². The third kappa shape index (κ3) is 2.90. The fourth-order valence-electron chi connectivity index (χ4n) is 1.65. The molecule has 1 aromatic heterocycles. The molecular weight excluding hydrogens is 284 g/mol. The van der Waals surface area contributed by atoms with Crippen molar-refractivity contribution >= 4 is 15.9 Å². The van der Waals surface area contributed by atoms with Gasteiger partial charge in [0.15, 0.2) is 0 Å². The highest BCUT2D eigenvalue weighted by Crippen LogP contribution is 2.29. The number of hydrogen-bond donors (Lipinski definition) is 1. The number of halogens is 1. The average Bonchev–Trinajstić information content (AvgIpc) is 2.82. The molecule has 0 spiro atoms. The van der Waals surface area contributed by atoms with E-state index in [0.29, 0.717) is 6.42 Å². The van der Waals surface area contributed by atoms with Crippen molar-refractivity contribution < 1.29 is 14.3 Å². The van der Waals surface area contributed by atoms with E-state index in [1.807, 2.05) is 24.3 Å². The Labute approximate surface area is 108 Å². The van der Waals surface area contributed by atoms with Gasteiger partial charge >= 0.3 is 0 Å². The third-order valence-corrected chi connectivity index (χ3v) is 3.29. The van der Waals surface area contributed by atoms with Gasteiger partial charge in [-0.05, 0) is 35.4 Å². The van der Waals surface area contributed by atoms with E-state index in [0.717, 1.165) is 21.3 Å². The smallest absolute Gasteiger partial charge is 0.119 e. The fourth-order valence-corrected chi connectivity index (χ4v) is 2.16. The second-order valence-electron chi connectivity index (χ2n) is 3.74. The zero-order chi connectivity index (χ0) is 12.3. The Bertz CT molecular complexity index is 479. The molecule has 0 saturated carbocycles. The molecule has 0 aliphatic rings. The molecular formula is C13H13BrO3. The molecule has 1 atom stereocenters. The minimum Gasteiger partial charge on any atom is -0.497 e. The van der Waals surface area contributed by atoms with Gasteiger partial charge in [-0.2, -0.15) is 0 Å². The fraction of sp³-hybridized carbons (Fsp3) is 0.231. The van der Waals surface area contributed by atoms with Gasteiger partial charge in [-0.25, -0.2) is 0 Å². The topological polar surface area (TPSA) is 42.6 Å². The van der Waals surface area contributed by atoms with Crippen LogP contribution in [0.15, 0.2) is 45.7 Å². The van der Waals surface area contributed by atoms with E-state index in [9.17, 15) is 5.11 Å². The Morgan fingerprint density at radius 2 is 2.24 bits per heavy atom. The molecule has 0 aliphatic carbocycles. The molecule has 1 N–H and O–H groups in total. The Kier molecular flexibility index (Phi) is 3.86. The van der Waals surface area contributed by atoms with Gasteiger partial charge in [-0.3, -0.25) is 0 Å². The monoisotopic (exact) mass is 296 g/mol. The van der Waals surface area contributed by atoms with Crippen LogP contribution in [0.3, 0.4) is 0 Å². The molecule has 2 aromatic rings. The summed E-state index contributed by atoms with van der Waals surface area (Å²) in [7, 11) is 1.61. The first-order chi connectivity index (χ1) is 8.20. The van der Waals surface area contributed by atoms with Gasteiger partial charge in [0.2, 0.25) is 0 Å². The summed E-state index contributed by atoms with van der Waals surface area (Å²) in [5.74, 6) is 0.731. The number of methoxy groups -OCH3 is 1. The lowest BCUT2D eigenvalue weighted by Crippen LogP contribution is -2.02. The van der Waals surface area contributed by atoms with Crippen LogP contribution in [0.2, 0.25) is 0 Å². The number of benzene rings is 1. The van der Waals surface area contributed by atoms with Crippen molar-refractivity contribution in [3.63, 3.8) is 0 Å². The number of rotatable bonds is 4. The largest absolute Gasteiger partial charge is 0.497 e. The van der Waals surface area contributed by atoms with E-state index in [1.165, 1.54) is 0 Å². The van der Waals surface area contributed by atoms with Crippen LogP contribution < -0.4 is 4.74 Å². The second-order valence-corrected chi connectivity index (χ2v) is 4.59. The normalized spacial score (nSPS) is 12.4. The van der Waals surface area contributed by atoms with Crippen molar-refractivity contribution in [1.82, 2.24) is 0 Å². The molecule has 0 bridgehead atoms. The predicted octanol–water partition coefficient (Wildman–Crippen LogP) is 3.33. The Morgan fingerprint density at radius 1 is 1.41 bits per heavy atom. The van der Waals surface area contributed by atoms with E-state index in [2.05, 4.69) is 15.9 Å². The minimum atomic E-state index is -0.586. The Hall–Kier alpha value is -1.26. The van der Waals surface area contributed by atoms with Crippen molar-refractivity contribution in [1.29, 1.82) is 0 Å². The van der Waals surface area contributed by atoms with Crippen LogP contribution in [0.4, 0.5) is 0 Å². The van der Waals surface area contributed by atoms with Crippen LogP contribution in [0, 0.1) is 0 Å². The van der Waals surface area contributed by atoms with Crippen LogP contribution in [0.1, 0.15) is 17.2 Å². The molecule has 4 heteroatoms. The molecule has 0 radical (unpaired) electrons. The molecule has 0 saturated heterocycles. The zero-order valence-electron chi connectivity index (χ0n) is 9.39. The number of aliphatic hydroxyl groups excluding tert-OH is 1. The standard InChI is InChI=1S/C13H13BrO3/c1-16-10-2-3-12(14)11(7-10)13(15)6-9-4-5-17-8-9/h2-5,7-8,13,15H,6H2,1H3. The van der Waals surface area contributed by atoms with E-state index >= 15 is 0 Å². The van der Waals surface area contributed by atoms with Gasteiger partial charge in [0.25, 0.3) is 0 Å². The molecule has 17 heavy (non-hydrogen) atoms. The summed E-state index contributed by atoms with van der Waals surface area (Å²) in [6.45, 7) is 0. The number of ether oxygens (including phenoxy) is 1. The first kappa shape index (κ1) is 12.2. The highest BCUT2D eigenvalue weighted by Gasteiger charge is 2.13. The van der Waals surface area contributed by atoms with Crippen molar-refractivity contribution in [2.24, 2.45) is 0 Å². The maximum absolute atomic E-state index is 10.2. The molecule has 1 unspecified atom stereocenters. The quantitative estimate of drug-likeness (QED) is 0.941. The van der Waals surface area contributed by atoms with E-state index in [4.69, 9.17) is 9.15 Å². The summed E-state index contributed by atoms with van der Waals surface area (Å²) in [5.41, 5.74) is 1.78. The van der Waals surface area contributed by atoms with Gasteiger partial charge < -0.3 is 14.3 Å². The highest BCUT2D eigenvalue weighted by atomic mass is 79.9. The molecule has 3 nitrogen and oxygen atoms in total. The molecule has 0 fully saturated rings. The maximum Gasteiger partial charge on any atom is 0.119 e. The van der Waals surface area contributed by atoms with Crippen molar-refractivity contribution in [2.75, 3.05) is 7.11 Å². The second kappa shape index (κ2) is 5.38. The molecule has 1 heterocycles. The van der Waals surface area contributed by atoms with Crippen molar-refractivity contribution in [3.8, 4) is 5.75 Å². The molecule has 2 rings (SSSR count). The lowest BCUT2D eigenvalue weighted by atomic mass is 10.0. The zero-order valence-corrected chi connectivity index (χ0v) is 11.0. The lowest BCUT2D eigenvalue weighted by Gasteiger charge is -2.13. The Morgan fingerprint density at radius 3 is 2.88 bits per heavy atom. The summed E-state index contributed by atoms with van der Waals surface area (Å²) < 4.78 is 11.0. The SMILES string of the molecule is COc1ccc(Br)c(C(O)Cc2ccoc2)c1. The number of furan rings is 1. The first-order valence-corrected chi connectivity index (χ1v) is 6.02. The minimum absolute atomic E-state index is 0.516. The molecule has 90 valence electrons. The molecule has 1 aromatic carbocycles. The summed E-state index contributed by atoms with van der Waals surface area (Å²) in [5, 5.41) is 10.2. The summed E-state index contributed by atoms with van der Waals surface area (Å²) in [6.07, 6.45) is 3.17. The van der Waals surface area contributed by atoms with Gasteiger partial charge in [-0.15, -0.1) is 0 Å². The van der Waals surface area contributed by atoms with Gasteiger partial charge in [0, 0.05) is 10.9 Å². The third-order valence-electron chi connectivity index (χ3n) is 2.57. The number of hydrogen-bond acceptors (Lipinski definition) is 3. The summed E-state index contributed by atoms with van der Waals surface area (Å²) in [6, 6.07) is 7.39. The van der Waals surface area contributed by atoms with Crippen LogP contribution in [0.5, 0.6) is 5.75 Å². The maximum atomic E-state index is 10.2. The van der Waals surface area contributed by atoms with Gasteiger partial charge in [0.1, 0.15) is 5.75 Å². The van der Waals surface area contributed by atoms with Crippen LogP contribution in [-0.4, -0.2) is 12.2 Å². The average molecular weight is 297 g/mol. The van der Waals surface area contributed by atoms with Gasteiger partial charge in [0.05, 0.1) is 25.7 Å². The van der Waals surface area contributed by atoms with Gasteiger partial charge in [-0.1, -0.05) is 15.9 Å². The van der Waals surface area contributed by atoms with Crippen LogP contribution in [-0.2, 0) is 6.42 Å². The first-order valence-electron chi connectivity index (χ1n) is 5.23. The number of aliphatic hydroxyl groups is 1. The predicted molar refractivity (Wildman–Crippen MR) is 68.1 cm³/mol. The lowest BCUT2D eigenvalue weighted by molar-refractivity contribution is 0.177. The molecule has 0 amide bonds. The van der Waals surface area contributed by atoms with E-state index in [-0.39, 0.29) is 0 Å². The summed E-state index contributed by atoms with van der Waals surface area (Å²) >= 11 is 3.43. The van der Waals surface area contributed by atoms with Crippen LogP contribution >= 0.6 is 15.9 Å². The summed E-state index contributed by atoms with van der Waals surface area (Å²) in [4.78, 5) is 0. The van der Waals surface area contributed by atoms with Crippen LogP contribution in [0.25, 0.3) is 0 Å². The van der Waals surface area contributed by atoms with Crippen molar-refractivity contribution in [2.45, 2.75) is 12.5 Å². The van der Waals surface area contributed by atoms with Crippen molar-refractivity contribution in [3.05, 3.63) is 52.4 Å².